The molecule has 0 unspecified atom stereocenters. The number of nitrogens with zero attached hydrogens (tertiary/aromatic N) is 1. The van der Waals surface area contributed by atoms with Gasteiger partial charge >= 0.3 is 7.12 Å². The van der Waals surface area contributed by atoms with Crippen LogP contribution in [0.15, 0.2) is 6.17 Å². The van der Waals surface area contributed by atoms with Crippen LogP contribution in [0.1, 0.15) is 42.8 Å². The van der Waals surface area contributed by atoms with E-state index in [2.05, 4.69) is 9.97 Å². The molecule has 0 amide bonds. The zero-order valence-corrected chi connectivity index (χ0v) is 10.2. The lowest BCUT2D eigenvalue weighted by atomic mass is 9.86. The maximum Gasteiger partial charge on any atom is 0.513 e. The predicted molar refractivity (Wildman–Crippen MR) is 65.5 cm³/mol. The Morgan fingerprint density at radius 3 is 2.76 bits per heavy atom. The minimum atomic E-state index is -2.99. The van der Waals surface area contributed by atoms with Crippen LogP contribution in [0, 0.1) is 0 Å². The molecule has 0 aromatic carbocycles. The number of aromatic nitrogens is 2. The molecule has 1 aromatic rings. The lowest BCUT2D eigenvalue weighted by Crippen LogP contribution is -2.41. The van der Waals surface area contributed by atoms with E-state index in [0.29, 0.717) is 0 Å². The molecule has 6 heteroatoms. The fraction of sp³-hybridized carbons (Fsp3) is 0.727. The van der Waals surface area contributed by atoms with Crippen LogP contribution < -0.4 is 10.3 Å². The van der Waals surface area contributed by atoms with Gasteiger partial charge in [-0.05, 0) is 34.5 Å². The zero-order valence-electron chi connectivity index (χ0n) is 16.2. The van der Waals surface area contributed by atoms with Crippen molar-refractivity contribution in [2.75, 3.05) is 6.56 Å². The van der Waals surface area contributed by atoms with E-state index in [1.807, 2.05) is 27.7 Å². The van der Waals surface area contributed by atoms with Gasteiger partial charge in [-0.3, -0.25) is 0 Å². The average molecular weight is 244 g/mol. The summed E-state index contributed by atoms with van der Waals surface area (Å²) in [5.41, 5.74) is -1.10. The number of H-pyrrole nitrogens is 1. The van der Waals surface area contributed by atoms with E-state index < -0.39 is 37.7 Å². The summed E-state index contributed by atoms with van der Waals surface area (Å²) in [5.74, 6) is 0. The van der Waals surface area contributed by atoms with Crippen LogP contribution in [0.25, 0.3) is 0 Å². The number of aromatic amines is 1. The van der Waals surface area contributed by atoms with Gasteiger partial charge in [-0.1, -0.05) is 0 Å². The summed E-state index contributed by atoms with van der Waals surface area (Å²) in [6, 6.07) is -0.416. The summed E-state index contributed by atoms with van der Waals surface area (Å²) in [6.07, 6.45) is -0.264. The van der Waals surface area contributed by atoms with Gasteiger partial charge in [0.1, 0.15) is 0 Å². The largest absolute Gasteiger partial charge is 0.513 e. The molecule has 1 aromatic heterocycles. The number of ether oxygens (including phenoxy) is 1. The second kappa shape index (κ2) is 4.03. The second-order valence-corrected chi connectivity index (χ2v) is 4.86. The standard InChI is InChI=1S/C11H19BN2O3/c1-6-15-9-13-7-8(14-9)12-16-10(2,3)11(4,5)17-12/h7H,6H2,1-5H3,(H,13,14)/i1D3,6D2,7D. The molecule has 17 heavy (non-hydrogen) atoms. The summed E-state index contributed by atoms with van der Waals surface area (Å²) in [6.45, 7) is 1.45. The van der Waals surface area contributed by atoms with Crippen molar-refractivity contribution in [1.82, 2.24) is 9.97 Å². The van der Waals surface area contributed by atoms with Crippen LogP contribution in [0.2, 0.25) is 0 Å². The summed E-state index contributed by atoms with van der Waals surface area (Å²) < 4.78 is 60.3. The first-order chi connectivity index (χ1) is 10.2. The molecule has 94 valence electrons. The molecule has 1 fully saturated rings. The van der Waals surface area contributed by atoms with Crippen LogP contribution in [0.4, 0.5) is 0 Å². The van der Waals surface area contributed by atoms with Crippen LogP contribution in [-0.4, -0.2) is 34.8 Å². The predicted octanol–water partition coefficient (Wildman–Crippen LogP) is 1.11. The number of imidazole rings is 1. The van der Waals surface area contributed by atoms with Crippen molar-refractivity contribution in [3.05, 3.63) is 6.17 Å². The first-order valence-corrected chi connectivity index (χ1v) is 5.27. The number of hydrogen-bond acceptors (Lipinski definition) is 4. The Balaban J connectivity index is 2.24. The second-order valence-electron chi connectivity index (χ2n) is 4.86. The van der Waals surface area contributed by atoms with E-state index in [1.54, 1.807) is 0 Å². The van der Waals surface area contributed by atoms with Gasteiger partial charge in [-0.2, -0.15) is 0 Å². The smallest absolute Gasteiger partial charge is 0.465 e. The Labute approximate surface area is 110 Å². The molecule has 1 aliphatic rings. The molecule has 0 saturated carbocycles. The quantitative estimate of drug-likeness (QED) is 0.809. The molecule has 0 aliphatic carbocycles. The summed E-state index contributed by atoms with van der Waals surface area (Å²) in [7, 11) is -0.907. The van der Waals surface area contributed by atoms with Crippen molar-refractivity contribution in [2.45, 2.75) is 45.7 Å². The number of hydrogen-bond donors (Lipinski definition) is 1. The van der Waals surface area contributed by atoms with Crippen molar-refractivity contribution in [3.8, 4) is 6.01 Å². The first-order valence-electron chi connectivity index (χ1n) is 8.27. The lowest BCUT2D eigenvalue weighted by Gasteiger charge is -2.32. The molecule has 0 radical (unpaired) electrons. The molecule has 1 saturated heterocycles. The number of nitrogens with one attached hydrogen (secondary N) is 1. The summed E-state index contributed by atoms with van der Waals surface area (Å²) >= 11 is 0. The van der Waals surface area contributed by atoms with E-state index in [0.717, 1.165) is 0 Å². The van der Waals surface area contributed by atoms with Crippen LogP contribution in [-0.2, 0) is 9.31 Å². The minimum Gasteiger partial charge on any atom is -0.465 e. The van der Waals surface area contributed by atoms with Crippen molar-refractivity contribution in [1.29, 1.82) is 0 Å². The van der Waals surface area contributed by atoms with Gasteiger partial charge in [-0.25, -0.2) is 4.98 Å². The molecule has 5 nitrogen and oxygen atoms in total. The molecular formula is C11H19BN2O3. The van der Waals surface area contributed by atoms with Crippen molar-refractivity contribution < 1.29 is 22.3 Å². The third-order valence-electron chi connectivity index (χ3n) is 3.16. The van der Waals surface area contributed by atoms with E-state index in [-0.39, 0.29) is 11.8 Å². The lowest BCUT2D eigenvalue weighted by molar-refractivity contribution is 0.00578. The van der Waals surface area contributed by atoms with Crippen molar-refractivity contribution in [2.24, 2.45) is 0 Å². The highest BCUT2D eigenvalue weighted by Gasteiger charge is 2.52. The van der Waals surface area contributed by atoms with Gasteiger partial charge in [0.05, 0.1) is 27.5 Å². The van der Waals surface area contributed by atoms with Crippen LogP contribution in [0.5, 0.6) is 6.01 Å². The van der Waals surface area contributed by atoms with Crippen molar-refractivity contribution in [3.63, 3.8) is 0 Å². The Kier molecular flexibility index (Phi) is 1.61. The molecule has 1 N–H and O–H groups in total. The molecule has 0 bridgehead atoms. The zero-order chi connectivity index (χ0) is 17.8. The average Bonchev–Trinajstić information content (AvgIpc) is 2.75. The summed E-state index contributed by atoms with van der Waals surface area (Å²) in [4.78, 5) is 6.25. The molecule has 0 atom stereocenters. The highest BCUT2D eigenvalue weighted by atomic mass is 16.7. The third-order valence-corrected chi connectivity index (χ3v) is 3.16. The molecular weight excluding hydrogens is 219 g/mol. The third kappa shape index (κ3) is 2.19. The Hall–Kier alpha value is -1.01. The highest BCUT2D eigenvalue weighted by molar-refractivity contribution is 6.61. The van der Waals surface area contributed by atoms with Gasteiger partial charge in [0, 0.05) is 10.3 Å². The fourth-order valence-corrected chi connectivity index (χ4v) is 1.45. The number of rotatable bonds is 3. The SMILES string of the molecule is [2H]c1nc(OC([2H])([2H])C([2H])([2H])[2H])[nH]c1B1OC(C)(C)C(C)(C)O1. The van der Waals surface area contributed by atoms with E-state index in [1.165, 1.54) is 0 Å². The fourth-order valence-electron chi connectivity index (χ4n) is 1.45. The maximum atomic E-state index is 7.83. The topological polar surface area (TPSA) is 56.4 Å². The van der Waals surface area contributed by atoms with Crippen molar-refractivity contribution >= 4 is 12.7 Å². The monoisotopic (exact) mass is 244 g/mol. The van der Waals surface area contributed by atoms with Gasteiger partial charge in [0.25, 0.3) is 6.01 Å². The minimum absolute atomic E-state index is 0.139. The molecule has 1 aliphatic heterocycles. The normalized spacial score (nSPS) is 28.6. The Morgan fingerprint density at radius 2 is 2.18 bits per heavy atom. The van der Waals surface area contributed by atoms with Crippen LogP contribution >= 0.6 is 0 Å². The van der Waals surface area contributed by atoms with E-state index in [4.69, 9.17) is 22.3 Å². The van der Waals surface area contributed by atoms with E-state index >= 15 is 0 Å². The van der Waals surface area contributed by atoms with Gasteiger partial charge in [0.15, 0.2) is 0 Å². The van der Waals surface area contributed by atoms with Gasteiger partial charge < -0.3 is 19.0 Å². The highest BCUT2D eigenvalue weighted by Crippen LogP contribution is 2.36. The Morgan fingerprint density at radius 1 is 1.53 bits per heavy atom. The van der Waals surface area contributed by atoms with E-state index in [9.17, 15) is 0 Å². The summed E-state index contributed by atoms with van der Waals surface area (Å²) in [5, 5.41) is 0. The van der Waals surface area contributed by atoms with Gasteiger partial charge in [0.2, 0.25) is 0 Å². The molecule has 0 spiro atoms. The molecule has 2 rings (SSSR count). The van der Waals surface area contributed by atoms with Gasteiger partial charge in [-0.15, -0.1) is 0 Å². The molecule has 2 heterocycles. The Bertz CT molecular complexity index is 585. The first kappa shape index (κ1) is 6.80. The van der Waals surface area contributed by atoms with Crippen LogP contribution in [0.3, 0.4) is 0 Å². The maximum absolute atomic E-state index is 7.83.